The number of benzene rings is 1. The SMILES string of the molecule is O=[N+]([O-])/C=C1\NCCN1Cc1cccc([N+](=O)[O-])c1. The molecule has 1 aliphatic heterocycles. The summed E-state index contributed by atoms with van der Waals surface area (Å²) in [5.74, 6) is 0.427. The smallest absolute Gasteiger partial charge is 0.274 e. The summed E-state index contributed by atoms with van der Waals surface area (Å²) in [5, 5.41) is 24.1. The molecule has 1 heterocycles. The van der Waals surface area contributed by atoms with Gasteiger partial charge in [0.25, 0.3) is 11.9 Å². The first kappa shape index (κ1) is 12.8. The molecule has 8 nitrogen and oxygen atoms in total. The predicted octanol–water partition coefficient (Wildman–Crippen LogP) is 1.08. The van der Waals surface area contributed by atoms with E-state index in [1.54, 1.807) is 17.0 Å². The lowest BCUT2D eigenvalue weighted by atomic mass is 10.2. The summed E-state index contributed by atoms with van der Waals surface area (Å²) in [6.45, 7) is 1.64. The Kier molecular flexibility index (Phi) is 3.60. The monoisotopic (exact) mass is 264 g/mol. The van der Waals surface area contributed by atoms with E-state index in [1.165, 1.54) is 12.1 Å². The Balaban J connectivity index is 2.14. The molecule has 1 aromatic rings. The third-order valence-corrected chi connectivity index (χ3v) is 2.75. The highest BCUT2D eigenvalue weighted by Gasteiger charge is 2.20. The molecule has 0 spiro atoms. The van der Waals surface area contributed by atoms with Crippen molar-refractivity contribution in [3.8, 4) is 0 Å². The molecule has 0 atom stereocenters. The zero-order chi connectivity index (χ0) is 13.8. The van der Waals surface area contributed by atoms with Crippen LogP contribution < -0.4 is 5.32 Å². The van der Waals surface area contributed by atoms with Crippen LogP contribution in [0.4, 0.5) is 5.69 Å². The molecule has 0 amide bonds. The summed E-state index contributed by atoms with van der Waals surface area (Å²) >= 11 is 0. The van der Waals surface area contributed by atoms with E-state index in [1.807, 2.05) is 0 Å². The van der Waals surface area contributed by atoms with E-state index in [0.717, 1.165) is 11.8 Å². The van der Waals surface area contributed by atoms with Crippen LogP contribution in [0.25, 0.3) is 0 Å². The van der Waals surface area contributed by atoms with Gasteiger partial charge >= 0.3 is 0 Å². The van der Waals surface area contributed by atoms with Gasteiger partial charge in [0.15, 0.2) is 5.82 Å². The fourth-order valence-corrected chi connectivity index (χ4v) is 1.93. The van der Waals surface area contributed by atoms with E-state index in [-0.39, 0.29) is 5.69 Å². The average molecular weight is 264 g/mol. The second kappa shape index (κ2) is 5.34. The van der Waals surface area contributed by atoms with Crippen molar-refractivity contribution in [2.75, 3.05) is 13.1 Å². The number of nitrogens with zero attached hydrogens (tertiary/aromatic N) is 3. The van der Waals surface area contributed by atoms with Crippen LogP contribution in [0.3, 0.4) is 0 Å². The Labute approximate surface area is 108 Å². The summed E-state index contributed by atoms with van der Waals surface area (Å²) in [7, 11) is 0. The van der Waals surface area contributed by atoms with Crippen LogP contribution in [0.5, 0.6) is 0 Å². The van der Waals surface area contributed by atoms with Gasteiger partial charge in [0, 0.05) is 31.8 Å². The highest BCUT2D eigenvalue weighted by molar-refractivity contribution is 5.34. The van der Waals surface area contributed by atoms with E-state index < -0.39 is 9.85 Å². The zero-order valence-corrected chi connectivity index (χ0v) is 9.98. The van der Waals surface area contributed by atoms with Crippen LogP contribution in [0.2, 0.25) is 0 Å². The molecular weight excluding hydrogens is 252 g/mol. The van der Waals surface area contributed by atoms with Crippen LogP contribution >= 0.6 is 0 Å². The van der Waals surface area contributed by atoms with Crippen molar-refractivity contribution in [1.29, 1.82) is 0 Å². The fourth-order valence-electron chi connectivity index (χ4n) is 1.93. The van der Waals surface area contributed by atoms with Crippen molar-refractivity contribution in [2.45, 2.75) is 6.54 Å². The van der Waals surface area contributed by atoms with Gasteiger partial charge in [-0.15, -0.1) is 0 Å². The minimum atomic E-state index is -0.520. The van der Waals surface area contributed by atoms with Crippen LogP contribution in [0.1, 0.15) is 5.56 Å². The molecule has 1 N–H and O–H groups in total. The average Bonchev–Trinajstić information content (AvgIpc) is 2.76. The Morgan fingerprint density at radius 3 is 2.84 bits per heavy atom. The van der Waals surface area contributed by atoms with Crippen molar-refractivity contribution in [3.63, 3.8) is 0 Å². The van der Waals surface area contributed by atoms with Crippen LogP contribution in [0.15, 0.2) is 36.3 Å². The first-order valence-electron chi connectivity index (χ1n) is 5.64. The van der Waals surface area contributed by atoms with Gasteiger partial charge in [0.05, 0.1) is 9.85 Å². The minimum Gasteiger partial charge on any atom is -0.365 e. The first-order chi connectivity index (χ1) is 9.06. The molecule has 1 aromatic carbocycles. The van der Waals surface area contributed by atoms with Crippen molar-refractivity contribution in [2.24, 2.45) is 0 Å². The summed E-state index contributed by atoms with van der Waals surface area (Å²) in [5.41, 5.74) is 0.761. The molecular formula is C11H12N4O4. The Morgan fingerprint density at radius 1 is 1.37 bits per heavy atom. The predicted molar refractivity (Wildman–Crippen MR) is 66.6 cm³/mol. The molecule has 2 rings (SSSR count). The number of nitro groups is 2. The highest BCUT2D eigenvalue weighted by atomic mass is 16.6. The molecule has 1 saturated heterocycles. The van der Waals surface area contributed by atoms with E-state index in [9.17, 15) is 20.2 Å². The Hall–Kier alpha value is -2.64. The molecule has 0 radical (unpaired) electrons. The van der Waals surface area contributed by atoms with Crippen LogP contribution in [0, 0.1) is 20.2 Å². The molecule has 100 valence electrons. The third-order valence-electron chi connectivity index (χ3n) is 2.75. The Morgan fingerprint density at radius 2 is 2.16 bits per heavy atom. The quantitative estimate of drug-likeness (QED) is 0.644. The van der Waals surface area contributed by atoms with Crippen molar-refractivity contribution < 1.29 is 9.85 Å². The van der Waals surface area contributed by atoms with Gasteiger partial charge in [-0.25, -0.2) is 0 Å². The number of hydrogen-bond donors (Lipinski definition) is 1. The minimum absolute atomic E-state index is 0.0180. The lowest BCUT2D eigenvalue weighted by Gasteiger charge is -2.16. The van der Waals surface area contributed by atoms with Crippen molar-refractivity contribution >= 4 is 5.69 Å². The molecule has 19 heavy (non-hydrogen) atoms. The summed E-state index contributed by atoms with van der Waals surface area (Å²) < 4.78 is 0. The van der Waals surface area contributed by atoms with E-state index in [2.05, 4.69) is 5.32 Å². The normalized spacial score (nSPS) is 16.4. The molecule has 1 aliphatic rings. The number of rotatable bonds is 4. The van der Waals surface area contributed by atoms with Crippen LogP contribution in [-0.4, -0.2) is 27.8 Å². The molecule has 0 unspecified atom stereocenters. The Bertz CT molecular complexity index is 543. The highest BCUT2D eigenvalue weighted by Crippen LogP contribution is 2.17. The zero-order valence-electron chi connectivity index (χ0n) is 9.98. The fraction of sp³-hybridized carbons (Fsp3) is 0.273. The molecule has 0 aromatic heterocycles. The maximum Gasteiger partial charge on any atom is 0.274 e. The number of nitrogens with one attached hydrogen (secondary N) is 1. The largest absolute Gasteiger partial charge is 0.365 e. The summed E-state index contributed by atoms with van der Waals surface area (Å²) in [4.78, 5) is 22.0. The molecule has 0 saturated carbocycles. The van der Waals surface area contributed by atoms with Crippen molar-refractivity contribution in [3.05, 3.63) is 62.1 Å². The maximum absolute atomic E-state index is 10.7. The van der Waals surface area contributed by atoms with Crippen LogP contribution in [-0.2, 0) is 6.54 Å². The van der Waals surface area contributed by atoms with E-state index in [4.69, 9.17) is 0 Å². The summed E-state index contributed by atoms with van der Waals surface area (Å²) in [6.07, 6.45) is 0.907. The standard InChI is InChI=1S/C11H12N4O4/c16-14(17)8-11-12-4-5-13(11)7-9-2-1-3-10(6-9)15(18)19/h1-3,6,8,12H,4-5,7H2/b11-8+. The van der Waals surface area contributed by atoms with Crippen molar-refractivity contribution in [1.82, 2.24) is 10.2 Å². The second-order valence-electron chi connectivity index (χ2n) is 4.08. The topological polar surface area (TPSA) is 102 Å². The van der Waals surface area contributed by atoms with E-state index >= 15 is 0 Å². The first-order valence-corrected chi connectivity index (χ1v) is 5.64. The number of nitro benzene ring substituents is 1. The van der Waals surface area contributed by atoms with Gasteiger partial charge < -0.3 is 10.2 Å². The second-order valence-corrected chi connectivity index (χ2v) is 4.08. The third kappa shape index (κ3) is 3.18. The molecule has 8 heteroatoms. The van der Waals surface area contributed by atoms with Gasteiger partial charge in [-0.1, -0.05) is 12.1 Å². The maximum atomic E-state index is 10.7. The van der Waals surface area contributed by atoms with Gasteiger partial charge in [-0.05, 0) is 5.56 Å². The molecule has 1 fully saturated rings. The molecule has 0 bridgehead atoms. The van der Waals surface area contributed by atoms with Gasteiger partial charge in [-0.3, -0.25) is 20.2 Å². The lowest BCUT2D eigenvalue weighted by molar-refractivity contribution is -0.404. The molecule has 0 aliphatic carbocycles. The lowest BCUT2D eigenvalue weighted by Crippen LogP contribution is -2.20. The van der Waals surface area contributed by atoms with Gasteiger partial charge in [-0.2, -0.15) is 0 Å². The number of non-ortho nitro benzene ring substituents is 1. The van der Waals surface area contributed by atoms with Gasteiger partial charge in [0.2, 0.25) is 0 Å². The van der Waals surface area contributed by atoms with Gasteiger partial charge in [0.1, 0.15) is 0 Å². The number of hydrogen-bond acceptors (Lipinski definition) is 6. The summed E-state index contributed by atoms with van der Waals surface area (Å²) in [6, 6.07) is 6.25. The van der Waals surface area contributed by atoms with E-state index in [0.29, 0.717) is 25.5 Å².